The zero-order chi connectivity index (χ0) is 22.8. The quantitative estimate of drug-likeness (QED) is 0.515. The van der Waals surface area contributed by atoms with Gasteiger partial charge < -0.3 is 15.0 Å². The molecule has 1 N–H and O–H groups in total. The maximum atomic E-state index is 13.2. The van der Waals surface area contributed by atoms with Crippen molar-refractivity contribution in [3.63, 3.8) is 0 Å². The second kappa shape index (κ2) is 12.6. The van der Waals surface area contributed by atoms with E-state index in [-0.39, 0.29) is 17.9 Å². The minimum absolute atomic E-state index is 0.0125. The van der Waals surface area contributed by atoms with Crippen molar-refractivity contribution >= 4 is 35.2 Å². The number of thioether (sulfide) groups is 1. The van der Waals surface area contributed by atoms with E-state index in [2.05, 4.69) is 5.32 Å². The van der Waals surface area contributed by atoms with Crippen LogP contribution in [0.25, 0.3) is 0 Å². The van der Waals surface area contributed by atoms with Gasteiger partial charge in [0.2, 0.25) is 11.8 Å². The SMILES string of the molecule is CCC(C(=O)NC(C)C)N(Cc1ccc(Cl)cc1)C(=O)CSCc1ccc(OC)cc1. The van der Waals surface area contributed by atoms with Gasteiger partial charge in [0.05, 0.1) is 12.9 Å². The molecule has 31 heavy (non-hydrogen) atoms. The fraction of sp³-hybridized carbons (Fsp3) is 0.417. The highest BCUT2D eigenvalue weighted by atomic mass is 35.5. The van der Waals surface area contributed by atoms with Crippen molar-refractivity contribution in [2.24, 2.45) is 0 Å². The van der Waals surface area contributed by atoms with Crippen molar-refractivity contribution in [1.82, 2.24) is 10.2 Å². The number of nitrogens with one attached hydrogen (secondary N) is 1. The summed E-state index contributed by atoms with van der Waals surface area (Å²) in [6.45, 7) is 6.13. The molecule has 0 saturated carbocycles. The standard InChI is InChI=1S/C24H31ClN2O3S/c1-5-22(24(29)26-17(2)3)27(14-18-6-10-20(25)11-7-18)23(28)16-31-15-19-8-12-21(30-4)13-9-19/h6-13,17,22H,5,14-16H2,1-4H3,(H,26,29). The van der Waals surface area contributed by atoms with E-state index in [9.17, 15) is 9.59 Å². The van der Waals surface area contributed by atoms with Gasteiger partial charge in [0.1, 0.15) is 11.8 Å². The minimum atomic E-state index is -0.521. The number of hydrogen-bond acceptors (Lipinski definition) is 4. The number of nitrogens with zero attached hydrogens (tertiary/aromatic N) is 1. The molecule has 2 rings (SSSR count). The van der Waals surface area contributed by atoms with Crippen molar-refractivity contribution in [3.8, 4) is 5.75 Å². The van der Waals surface area contributed by atoms with Crippen LogP contribution in [0.3, 0.4) is 0 Å². The molecule has 0 aliphatic rings. The summed E-state index contributed by atoms with van der Waals surface area (Å²) in [6.07, 6.45) is 0.543. The molecule has 0 bridgehead atoms. The molecule has 0 heterocycles. The van der Waals surface area contributed by atoms with Crippen molar-refractivity contribution in [2.75, 3.05) is 12.9 Å². The van der Waals surface area contributed by atoms with Gasteiger partial charge >= 0.3 is 0 Å². The Morgan fingerprint density at radius 2 is 1.68 bits per heavy atom. The average Bonchev–Trinajstić information content (AvgIpc) is 2.75. The summed E-state index contributed by atoms with van der Waals surface area (Å²) in [5.41, 5.74) is 2.06. The first kappa shape index (κ1) is 25.1. The number of ether oxygens (including phenoxy) is 1. The number of carbonyl (C=O) groups is 2. The first-order valence-electron chi connectivity index (χ1n) is 10.4. The molecule has 2 aromatic carbocycles. The Kier molecular flexibility index (Phi) is 10.2. The molecule has 5 nitrogen and oxygen atoms in total. The van der Waals surface area contributed by atoms with Crippen LogP contribution in [0, 0.1) is 0 Å². The van der Waals surface area contributed by atoms with E-state index < -0.39 is 6.04 Å². The maximum Gasteiger partial charge on any atom is 0.243 e. The van der Waals surface area contributed by atoms with Crippen LogP contribution in [0.4, 0.5) is 0 Å². The lowest BCUT2D eigenvalue weighted by atomic mass is 10.1. The molecule has 0 radical (unpaired) electrons. The van der Waals surface area contributed by atoms with Gasteiger partial charge in [-0.25, -0.2) is 0 Å². The molecule has 2 amide bonds. The Balaban J connectivity index is 2.09. The van der Waals surface area contributed by atoms with Crippen LogP contribution < -0.4 is 10.1 Å². The van der Waals surface area contributed by atoms with Crippen LogP contribution in [0.2, 0.25) is 5.02 Å². The van der Waals surface area contributed by atoms with Crippen LogP contribution in [0.15, 0.2) is 48.5 Å². The van der Waals surface area contributed by atoms with Gasteiger partial charge in [0.15, 0.2) is 0 Å². The lowest BCUT2D eigenvalue weighted by Crippen LogP contribution is -2.50. The lowest BCUT2D eigenvalue weighted by Gasteiger charge is -2.31. The molecule has 0 aliphatic heterocycles. The molecule has 2 aromatic rings. The Hall–Kier alpha value is -2.18. The first-order chi connectivity index (χ1) is 14.8. The molecule has 0 spiro atoms. The topological polar surface area (TPSA) is 58.6 Å². The normalized spacial score (nSPS) is 11.8. The summed E-state index contributed by atoms with van der Waals surface area (Å²) in [5, 5.41) is 3.58. The summed E-state index contributed by atoms with van der Waals surface area (Å²) >= 11 is 7.54. The average molecular weight is 463 g/mol. The van der Waals surface area contributed by atoms with E-state index in [1.807, 2.05) is 57.2 Å². The Morgan fingerprint density at radius 3 is 2.23 bits per heavy atom. The van der Waals surface area contributed by atoms with Gasteiger partial charge in [-0.15, -0.1) is 11.8 Å². The highest BCUT2D eigenvalue weighted by Gasteiger charge is 2.28. The molecule has 1 unspecified atom stereocenters. The summed E-state index contributed by atoms with van der Waals surface area (Å²) < 4.78 is 5.18. The Morgan fingerprint density at radius 1 is 1.06 bits per heavy atom. The van der Waals surface area contributed by atoms with Gasteiger partial charge in [-0.1, -0.05) is 42.8 Å². The third-order valence-corrected chi connectivity index (χ3v) is 5.98. The van der Waals surface area contributed by atoms with Gasteiger partial charge in [0.25, 0.3) is 0 Å². The Labute approximate surface area is 194 Å². The van der Waals surface area contributed by atoms with Crippen molar-refractivity contribution in [3.05, 3.63) is 64.7 Å². The fourth-order valence-electron chi connectivity index (χ4n) is 3.15. The zero-order valence-corrected chi connectivity index (χ0v) is 20.1. The molecule has 7 heteroatoms. The summed E-state index contributed by atoms with van der Waals surface area (Å²) in [4.78, 5) is 27.6. The van der Waals surface area contributed by atoms with E-state index >= 15 is 0 Å². The van der Waals surface area contributed by atoms with E-state index in [4.69, 9.17) is 16.3 Å². The summed E-state index contributed by atoms with van der Waals surface area (Å²) in [7, 11) is 1.64. The molecule has 0 aliphatic carbocycles. The van der Waals surface area contributed by atoms with Crippen molar-refractivity contribution in [2.45, 2.75) is 51.6 Å². The number of methoxy groups -OCH3 is 1. The second-order valence-electron chi connectivity index (χ2n) is 7.58. The first-order valence-corrected chi connectivity index (χ1v) is 11.9. The van der Waals surface area contributed by atoms with E-state index in [1.54, 1.807) is 24.1 Å². The predicted octanol–water partition coefficient (Wildman–Crippen LogP) is 4.91. The third-order valence-electron chi connectivity index (χ3n) is 4.74. The number of halogens is 1. The number of carbonyl (C=O) groups excluding carboxylic acids is 2. The van der Waals surface area contributed by atoms with Crippen molar-refractivity contribution in [1.29, 1.82) is 0 Å². The highest BCUT2D eigenvalue weighted by molar-refractivity contribution is 7.99. The number of amides is 2. The fourth-order valence-corrected chi connectivity index (χ4v) is 4.14. The molecule has 0 aromatic heterocycles. The second-order valence-corrected chi connectivity index (χ2v) is 9.00. The lowest BCUT2D eigenvalue weighted by molar-refractivity contribution is -0.139. The van der Waals surface area contributed by atoms with Gasteiger partial charge in [-0.05, 0) is 55.7 Å². The van der Waals surface area contributed by atoms with Gasteiger partial charge in [-0.3, -0.25) is 9.59 Å². The molecular weight excluding hydrogens is 432 g/mol. The smallest absolute Gasteiger partial charge is 0.243 e. The molecule has 168 valence electrons. The number of benzene rings is 2. The maximum absolute atomic E-state index is 13.2. The molecule has 1 atom stereocenters. The van der Waals surface area contributed by atoms with Crippen LogP contribution in [-0.4, -0.2) is 41.7 Å². The van der Waals surface area contributed by atoms with Crippen LogP contribution in [0.1, 0.15) is 38.3 Å². The monoisotopic (exact) mass is 462 g/mol. The third kappa shape index (κ3) is 8.11. The van der Waals surface area contributed by atoms with Gasteiger partial charge in [0, 0.05) is 23.4 Å². The van der Waals surface area contributed by atoms with E-state index in [0.717, 1.165) is 16.9 Å². The largest absolute Gasteiger partial charge is 0.497 e. The van der Waals surface area contributed by atoms with Gasteiger partial charge in [-0.2, -0.15) is 0 Å². The van der Waals surface area contributed by atoms with Crippen molar-refractivity contribution < 1.29 is 14.3 Å². The van der Waals surface area contributed by atoms with Crippen LogP contribution in [-0.2, 0) is 21.9 Å². The minimum Gasteiger partial charge on any atom is -0.497 e. The summed E-state index contributed by atoms with van der Waals surface area (Å²) in [6, 6.07) is 14.7. The predicted molar refractivity (Wildman–Crippen MR) is 129 cm³/mol. The molecular formula is C24H31ClN2O3S. The molecule has 0 fully saturated rings. The van der Waals surface area contributed by atoms with Crippen LogP contribution >= 0.6 is 23.4 Å². The van der Waals surface area contributed by atoms with E-state index in [0.29, 0.717) is 29.5 Å². The summed E-state index contributed by atoms with van der Waals surface area (Å²) in [5.74, 6) is 1.63. The number of rotatable bonds is 11. The number of hydrogen-bond donors (Lipinski definition) is 1. The van der Waals surface area contributed by atoms with E-state index in [1.165, 1.54) is 11.8 Å². The van der Waals surface area contributed by atoms with Crippen LogP contribution in [0.5, 0.6) is 5.75 Å². The Bertz CT molecular complexity index is 841. The molecule has 0 saturated heterocycles. The highest BCUT2D eigenvalue weighted by Crippen LogP contribution is 2.20. The zero-order valence-electron chi connectivity index (χ0n) is 18.6.